The lowest BCUT2D eigenvalue weighted by molar-refractivity contribution is 0.00496. The van der Waals surface area contributed by atoms with Gasteiger partial charge in [0.2, 0.25) is 0 Å². The third-order valence-corrected chi connectivity index (χ3v) is 6.33. The van der Waals surface area contributed by atoms with Crippen molar-refractivity contribution >= 4 is 12.2 Å². The molecule has 1 amide bonds. The van der Waals surface area contributed by atoms with Crippen LogP contribution in [0.2, 0.25) is 0 Å². The van der Waals surface area contributed by atoms with Crippen molar-refractivity contribution in [3.63, 3.8) is 0 Å². The molecular weight excluding hydrogens is 396 g/mol. The molecule has 1 heterocycles. The van der Waals surface area contributed by atoms with E-state index >= 15 is 0 Å². The predicted molar refractivity (Wildman–Crippen MR) is 133 cm³/mol. The van der Waals surface area contributed by atoms with Crippen LogP contribution in [0.25, 0.3) is 6.08 Å². The Morgan fingerprint density at radius 2 is 1.91 bits per heavy atom. The molecule has 0 unspecified atom stereocenters. The van der Waals surface area contributed by atoms with E-state index in [0.29, 0.717) is 5.92 Å². The first kappa shape index (κ1) is 24.3. The molecule has 4 heteroatoms. The molecule has 0 spiro atoms. The smallest absolute Gasteiger partial charge is 0.410 e. The number of allylic oxidation sites excluding steroid dienone is 2. The first-order valence-electron chi connectivity index (χ1n) is 12.0. The second kappa shape index (κ2) is 11.0. The zero-order chi connectivity index (χ0) is 23.1. The van der Waals surface area contributed by atoms with Gasteiger partial charge >= 0.3 is 6.09 Å². The minimum Gasteiger partial charge on any atom is -0.444 e. The normalized spacial score (nSPS) is 22.7. The lowest BCUT2D eigenvalue weighted by atomic mass is 10.0. The summed E-state index contributed by atoms with van der Waals surface area (Å²) >= 11 is 0. The van der Waals surface area contributed by atoms with E-state index < -0.39 is 5.60 Å². The highest BCUT2D eigenvalue weighted by atomic mass is 16.6. The van der Waals surface area contributed by atoms with Crippen molar-refractivity contribution in [2.24, 2.45) is 5.92 Å². The summed E-state index contributed by atoms with van der Waals surface area (Å²) in [5.41, 5.74) is 2.09. The van der Waals surface area contributed by atoms with Crippen LogP contribution in [0.1, 0.15) is 58.9 Å². The second-order valence-electron chi connectivity index (χ2n) is 10.1. The zero-order valence-electron chi connectivity index (χ0n) is 20.3. The van der Waals surface area contributed by atoms with Crippen molar-refractivity contribution in [3.8, 4) is 0 Å². The fourth-order valence-corrected chi connectivity index (χ4v) is 4.64. The van der Waals surface area contributed by atoms with E-state index in [1.54, 1.807) is 0 Å². The summed E-state index contributed by atoms with van der Waals surface area (Å²) in [6, 6.07) is 10.9. The minimum absolute atomic E-state index is 0.148. The van der Waals surface area contributed by atoms with Gasteiger partial charge in [-0.25, -0.2) is 4.79 Å². The number of carbonyl (C=O) groups is 1. The van der Waals surface area contributed by atoms with E-state index in [2.05, 4.69) is 59.7 Å². The predicted octanol–water partition coefficient (Wildman–Crippen LogP) is 6.31. The van der Waals surface area contributed by atoms with Crippen LogP contribution in [-0.2, 0) is 4.74 Å². The first-order valence-corrected chi connectivity index (χ1v) is 12.0. The van der Waals surface area contributed by atoms with Gasteiger partial charge in [0.05, 0.1) is 0 Å². The van der Waals surface area contributed by atoms with Gasteiger partial charge in [-0.1, -0.05) is 66.8 Å². The van der Waals surface area contributed by atoms with Crippen molar-refractivity contribution in [2.75, 3.05) is 19.6 Å². The third kappa shape index (κ3) is 7.09. The average molecular weight is 437 g/mol. The number of nitrogens with zero attached hydrogens (tertiary/aromatic N) is 2. The third-order valence-electron chi connectivity index (χ3n) is 6.33. The van der Waals surface area contributed by atoms with Gasteiger partial charge in [-0.2, -0.15) is 0 Å². The van der Waals surface area contributed by atoms with Crippen LogP contribution in [0.3, 0.4) is 0 Å². The molecule has 0 N–H and O–H groups in total. The topological polar surface area (TPSA) is 32.8 Å². The van der Waals surface area contributed by atoms with Crippen LogP contribution in [-0.4, -0.2) is 53.2 Å². The van der Waals surface area contributed by atoms with Crippen molar-refractivity contribution in [3.05, 3.63) is 66.3 Å². The summed E-state index contributed by atoms with van der Waals surface area (Å²) in [7, 11) is 0. The number of amides is 1. The molecule has 3 rings (SSSR count). The maximum Gasteiger partial charge on any atom is 0.410 e. The van der Waals surface area contributed by atoms with Crippen LogP contribution in [0, 0.1) is 5.92 Å². The van der Waals surface area contributed by atoms with Gasteiger partial charge in [-0.3, -0.25) is 0 Å². The molecule has 1 aliphatic carbocycles. The van der Waals surface area contributed by atoms with E-state index in [1.165, 1.54) is 11.1 Å². The van der Waals surface area contributed by atoms with Crippen molar-refractivity contribution in [1.82, 2.24) is 9.80 Å². The van der Waals surface area contributed by atoms with E-state index in [-0.39, 0.29) is 18.2 Å². The second-order valence-corrected chi connectivity index (χ2v) is 10.1. The molecule has 1 aromatic carbocycles. The molecule has 2 atom stereocenters. The summed E-state index contributed by atoms with van der Waals surface area (Å²) in [4.78, 5) is 17.8. The summed E-state index contributed by atoms with van der Waals surface area (Å²) in [6.45, 7) is 14.9. The monoisotopic (exact) mass is 436 g/mol. The molecule has 32 heavy (non-hydrogen) atoms. The van der Waals surface area contributed by atoms with Gasteiger partial charge < -0.3 is 14.5 Å². The van der Waals surface area contributed by atoms with E-state index in [4.69, 9.17) is 4.74 Å². The van der Waals surface area contributed by atoms with Gasteiger partial charge in [0.15, 0.2) is 0 Å². The highest BCUT2D eigenvalue weighted by molar-refractivity contribution is 5.70. The molecule has 2 fully saturated rings. The zero-order valence-corrected chi connectivity index (χ0v) is 20.3. The molecule has 1 aromatic rings. The number of likely N-dealkylation sites (tertiary alicyclic amines) is 1. The Hall–Kier alpha value is -2.33. The number of rotatable bonds is 8. The Morgan fingerprint density at radius 3 is 2.53 bits per heavy atom. The molecule has 1 aliphatic heterocycles. The summed E-state index contributed by atoms with van der Waals surface area (Å²) in [6.07, 6.45) is 12.2. The number of ether oxygens (including phenoxy) is 1. The summed E-state index contributed by atoms with van der Waals surface area (Å²) in [5.74, 6) is 0.421. The van der Waals surface area contributed by atoms with Crippen molar-refractivity contribution in [1.29, 1.82) is 0 Å². The van der Waals surface area contributed by atoms with Gasteiger partial charge in [-0.05, 0) is 58.9 Å². The first-order chi connectivity index (χ1) is 15.3. The standard InChI is InChI=1S/C28H40N2O2/c1-6-7-8-12-17-29-18-15-24(16-19-29)30(27(31)32-28(3,4)5)26-21-25(26)22(2)20-23-13-10-9-11-14-23/h6-11,13-14,20,24-26H,1,12,15-19,21H2,2-5H3/b8-7+,22-20+/t25-,26+/m0/s1. The minimum atomic E-state index is -0.479. The van der Waals surface area contributed by atoms with Gasteiger partial charge in [0.25, 0.3) is 0 Å². The number of hydrogen-bond acceptors (Lipinski definition) is 3. The van der Waals surface area contributed by atoms with Crippen LogP contribution >= 0.6 is 0 Å². The van der Waals surface area contributed by atoms with E-state index in [9.17, 15) is 4.79 Å². The lowest BCUT2D eigenvalue weighted by Gasteiger charge is -2.39. The summed E-state index contributed by atoms with van der Waals surface area (Å²) in [5, 5.41) is 0. The average Bonchev–Trinajstić information content (AvgIpc) is 3.52. The van der Waals surface area contributed by atoms with Crippen LogP contribution in [0.4, 0.5) is 4.79 Å². The molecule has 0 aromatic heterocycles. The SMILES string of the molecule is C=C/C=C/CCN1CCC(N(C(=O)OC(C)(C)C)[C@@H]2C[C@H]2/C(C)=C/c2ccccc2)CC1. The quantitative estimate of drug-likeness (QED) is 0.448. The maximum atomic E-state index is 13.2. The maximum absolute atomic E-state index is 13.2. The number of piperidine rings is 1. The van der Waals surface area contributed by atoms with Crippen LogP contribution in [0.5, 0.6) is 0 Å². The lowest BCUT2D eigenvalue weighted by Crippen LogP contribution is -2.50. The fraction of sp³-hybridized carbons (Fsp3) is 0.536. The molecule has 0 bridgehead atoms. The van der Waals surface area contributed by atoms with Crippen LogP contribution in [0.15, 0.2) is 60.7 Å². The molecule has 2 aliphatic rings. The highest BCUT2D eigenvalue weighted by Crippen LogP contribution is 2.44. The van der Waals surface area contributed by atoms with Gasteiger partial charge in [0.1, 0.15) is 5.60 Å². The number of carbonyl (C=O) groups excluding carboxylic acids is 1. The fourth-order valence-electron chi connectivity index (χ4n) is 4.64. The Balaban J connectivity index is 1.65. The van der Waals surface area contributed by atoms with Crippen molar-refractivity contribution < 1.29 is 9.53 Å². The van der Waals surface area contributed by atoms with Crippen LogP contribution < -0.4 is 0 Å². The number of hydrogen-bond donors (Lipinski definition) is 0. The molecular formula is C28H40N2O2. The Bertz CT molecular complexity index is 814. The van der Waals surface area contributed by atoms with E-state index in [0.717, 1.165) is 45.3 Å². The molecule has 1 saturated carbocycles. The molecule has 4 nitrogen and oxygen atoms in total. The Labute approximate surface area is 194 Å². The largest absolute Gasteiger partial charge is 0.444 e. The van der Waals surface area contributed by atoms with Crippen molar-refractivity contribution in [2.45, 2.75) is 71.1 Å². The van der Waals surface area contributed by atoms with Gasteiger partial charge in [-0.15, -0.1) is 0 Å². The molecule has 0 radical (unpaired) electrons. The van der Waals surface area contributed by atoms with E-state index in [1.807, 2.05) is 39.0 Å². The Morgan fingerprint density at radius 1 is 1.22 bits per heavy atom. The molecule has 174 valence electrons. The molecule has 1 saturated heterocycles. The van der Waals surface area contributed by atoms with Gasteiger partial charge in [0, 0.05) is 37.6 Å². The highest BCUT2D eigenvalue weighted by Gasteiger charge is 2.48. The number of benzene rings is 1. The summed E-state index contributed by atoms with van der Waals surface area (Å²) < 4.78 is 5.85. The Kier molecular flexibility index (Phi) is 8.36.